The molecule has 0 saturated carbocycles. The van der Waals surface area contributed by atoms with Crippen molar-refractivity contribution in [1.82, 2.24) is 15.0 Å². The van der Waals surface area contributed by atoms with Crippen LogP contribution < -0.4 is 10.6 Å². The Bertz CT molecular complexity index is 688. The van der Waals surface area contributed by atoms with Crippen LogP contribution in [-0.2, 0) is 11.3 Å². The molecule has 1 aromatic carbocycles. The number of carboxylic acids is 1. The Morgan fingerprint density at radius 1 is 1.24 bits per heavy atom. The van der Waals surface area contributed by atoms with E-state index in [0.717, 1.165) is 4.80 Å². The van der Waals surface area contributed by atoms with Crippen LogP contribution in [0.15, 0.2) is 24.4 Å². The Morgan fingerprint density at radius 3 is 2.67 bits per heavy atom. The minimum atomic E-state index is -1.09. The van der Waals surface area contributed by atoms with Gasteiger partial charge in [0.05, 0.1) is 16.2 Å². The third-order valence-corrected chi connectivity index (χ3v) is 2.97. The van der Waals surface area contributed by atoms with E-state index < -0.39 is 18.5 Å². The normalized spacial score (nSPS) is 10.2. The smallest absolute Gasteiger partial charge is 0.327 e. The number of carbonyl (C=O) groups excluding carboxylic acids is 1. The van der Waals surface area contributed by atoms with E-state index in [1.807, 2.05) is 0 Å². The second-order valence-electron chi connectivity index (χ2n) is 3.86. The van der Waals surface area contributed by atoms with Gasteiger partial charge in [0.1, 0.15) is 0 Å². The molecule has 0 aliphatic rings. The van der Waals surface area contributed by atoms with Crippen molar-refractivity contribution in [2.45, 2.75) is 6.54 Å². The summed E-state index contributed by atoms with van der Waals surface area (Å²) in [5.41, 5.74) is 0.444. The summed E-state index contributed by atoms with van der Waals surface area (Å²) in [5, 5.41) is 21.6. The first-order valence-electron chi connectivity index (χ1n) is 5.59. The van der Waals surface area contributed by atoms with Crippen molar-refractivity contribution in [2.75, 3.05) is 10.6 Å². The molecule has 0 fully saturated rings. The molecule has 1 aromatic heterocycles. The van der Waals surface area contributed by atoms with Crippen LogP contribution in [0.1, 0.15) is 0 Å². The lowest BCUT2D eigenvalue weighted by atomic mass is 10.3. The summed E-state index contributed by atoms with van der Waals surface area (Å²) >= 11 is 11.6. The van der Waals surface area contributed by atoms with Gasteiger partial charge in [0, 0.05) is 5.69 Å². The number of hydrogen-bond donors (Lipinski definition) is 3. The van der Waals surface area contributed by atoms with Gasteiger partial charge >= 0.3 is 12.0 Å². The molecule has 0 spiro atoms. The monoisotopic (exact) mass is 329 g/mol. The van der Waals surface area contributed by atoms with Gasteiger partial charge in [0.15, 0.2) is 12.4 Å². The molecule has 0 aliphatic carbocycles. The molecule has 0 radical (unpaired) electrons. The van der Waals surface area contributed by atoms with Crippen LogP contribution in [-0.4, -0.2) is 32.1 Å². The number of carbonyl (C=O) groups is 2. The maximum absolute atomic E-state index is 11.7. The molecule has 0 bridgehead atoms. The van der Waals surface area contributed by atoms with Gasteiger partial charge < -0.3 is 10.4 Å². The Balaban J connectivity index is 1.96. The molecule has 0 atom stereocenters. The summed E-state index contributed by atoms with van der Waals surface area (Å²) in [4.78, 5) is 23.1. The molecular formula is C11H9Cl2N5O3. The molecule has 1 heterocycles. The van der Waals surface area contributed by atoms with Gasteiger partial charge in [-0.25, -0.2) is 4.79 Å². The molecular weight excluding hydrogens is 321 g/mol. The van der Waals surface area contributed by atoms with Gasteiger partial charge in [0.2, 0.25) is 0 Å². The fraction of sp³-hybridized carbons (Fsp3) is 0.0909. The topological polar surface area (TPSA) is 109 Å². The number of amides is 2. The number of aromatic nitrogens is 3. The van der Waals surface area contributed by atoms with E-state index in [9.17, 15) is 9.59 Å². The largest absolute Gasteiger partial charge is 0.480 e. The number of nitrogens with one attached hydrogen (secondary N) is 2. The molecule has 21 heavy (non-hydrogen) atoms. The van der Waals surface area contributed by atoms with E-state index in [1.165, 1.54) is 12.3 Å². The summed E-state index contributed by atoms with van der Waals surface area (Å²) in [6.45, 7) is -0.393. The number of urea groups is 1. The van der Waals surface area contributed by atoms with Crippen LogP contribution in [0.2, 0.25) is 10.0 Å². The molecule has 2 aromatic rings. The first-order valence-corrected chi connectivity index (χ1v) is 6.34. The Hall–Kier alpha value is -2.32. The highest BCUT2D eigenvalue weighted by Gasteiger charge is 2.08. The number of aliphatic carboxylic acids is 1. The lowest BCUT2D eigenvalue weighted by molar-refractivity contribution is -0.138. The average Bonchev–Trinajstić information content (AvgIpc) is 2.80. The molecule has 0 unspecified atom stereocenters. The van der Waals surface area contributed by atoms with Gasteiger partial charge in [-0.2, -0.15) is 9.90 Å². The van der Waals surface area contributed by atoms with E-state index in [0.29, 0.717) is 15.7 Å². The highest BCUT2D eigenvalue weighted by atomic mass is 35.5. The van der Waals surface area contributed by atoms with Gasteiger partial charge in [-0.3, -0.25) is 10.1 Å². The third-order valence-electron chi connectivity index (χ3n) is 2.23. The summed E-state index contributed by atoms with van der Waals surface area (Å²) in [6, 6.07) is 4.04. The maximum atomic E-state index is 11.7. The lowest BCUT2D eigenvalue weighted by Gasteiger charge is -2.06. The number of nitrogens with zero attached hydrogens (tertiary/aromatic N) is 3. The van der Waals surface area contributed by atoms with E-state index in [-0.39, 0.29) is 5.82 Å². The molecule has 8 nitrogen and oxygen atoms in total. The van der Waals surface area contributed by atoms with Crippen LogP contribution in [0.4, 0.5) is 16.3 Å². The maximum Gasteiger partial charge on any atom is 0.327 e. The second kappa shape index (κ2) is 6.42. The Morgan fingerprint density at radius 2 is 2.00 bits per heavy atom. The van der Waals surface area contributed by atoms with Gasteiger partial charge in [-0.1, -0.05) is 23.2 Å². The number of benzene rings is 1. The van der Waals surface area contributed by atoms with Crippen molar-refractivity contribution < 1.29 is 14.7 Å². The third kappa shape index (κ3) is 4.33. The van der Waals surface area contributed by atoms with Crippen LogP contribution in [0, 0.1) is 0 Å². The molecule has 10 heteroatoms. The molecule has 110 valence electrons. The molecule has 2 amide bonds. The zero-order valence-electron chi connectivity index (χ0n) is 10.4. The van der Waals surface area contributed by atoms with Gasteiger partial charge in [-0.05, 0) is 18.2 Å². The van der Waals surface area contributed by atoms with Gasteiger partial charge in [-0.15, -0.1) is 5.10 Å². The van der Waals surface area contributed by atoms with E-state index in [4.69, 9.17) is 28.3 Å². The number of rotatable bonds is 4. The Kier molecular flexibility index (Phi) is 4.61. The molecule has 0 saturated heterocycles. The second-order valence-corrected chi connectivity index (χ2v) is 4.68. The van der Waals surface area contributed by atoms with E-state index in [2.05, 4.69) is 20.8 Å². The minimum Gasteiger partial charge on any atom is -0.480 e. The fourth-order valence-corrected chi connectivity index (χ4v) is 1.70. The van der Waals surface area contributed by atoms with Crippen LogP contribution >= 0.6 is 23.2 Å². The van der Waals surface area contributed by atoms with Crippen molar-refractivity contribution in [3.63, 3.8) is 0 Å². The van der Waals surface area contributed by atoms with Crippen LogP contribution in [0.3, 0.4) is 0 Å². The molecule has 0 aliphatic heterocycles. The van der Waals surface area contributed by atoms with Crippen LogP contribution in [0.5, 0.6) is 0 Å². The highest BCUT2D eigenvalue weighted by molar-refractivity contribution is 6.42. The van der Waals surface area contributed by atoms with Crippen LogP contribution in [0.25, 0.3) is 0 Å². The van der Waals surface area contributed by atoms with Crippen molar-refractivity contribution in [1.29, 1.82) is 0 Å². The SMILES string of the molecule is O=C(O)Cn1ncc(NC(=O)Nc2ccc(Cl)c(Cl)c2)n1. The zero-order valence-corrected chi connectivity index (χ0v) is 11.9. The first-order chi connectivity index (χ1) is 9.94. The fourth-order valence-electron chi connectivity index (χ4n) is 1.40. The average molecular weight is 330 g/mol. The van der Waals surface area contributed by atoms with Crippen molar-refractivity contribution in [3.8, 4) is 0 Å². The summed E-state index contributed by atoms with van der Waals surface area (Å²) in [6.07, 6.45) is 1.23. The quantitative estimate of drug-likeness (QED) is 0.797. The van der Waals surface area contributed by atoms with Gasteiger partial charge in [0.25, 0.3) is 0 Å². The van der Waals surface area contributed by atoms with Crippen molar-refractivity contribution in [2.24, 2.45) is 0 Å². The number of hydrogen-bond acceptors (Lipinski definition) is 4. The Labute approximate surface area is 128 Å². The predicted octanol–water partition coefficient (Wildman–Crippen LogP) is 2.31. The standard InChI is InChI=1S/C11H9Cl2N5O3/c12-7-2-1-6(3-8(7)13)15-11(21)16-9-4-14-18(17-9)5-10(19)20/h1-4H,5H2,(H,19,20)(H2,15,16,17,21). The van der Waals surface area contributed by atoms with Crippen molar-refractivity contribution in [3.05, 3.63) is 34.4 Å². The summed E-state index contributed by atoms with van der Waals surface area (Å²) < 4.78 is 0. The van der Waals surface area contributed by atoms with Crippen molar-refractivity contribution >= 4 is 46.7 Å². The predicted molar refractivity (Wildman–Crippen MR) is 76.8 cm³/mol. The minimum absolute atomic E-state index is 0.119. The highest BCUT2D eigenvalue weighted by Crippen LogP contribution is 2.24. The number of anilines is 2. The number of halogens is 2. The molecule has 2 rings (SSSR count). The lowest BCUT2D eigenvalue weighted by Crippen LogP contribution is -2.20. The first kappa shape index (κ1) is 15.1. The molecule has 3 N–H and O–H groups in total. The summed E-state index contributed by atoms with van der Waals surface area (Å²) in [7, 11) is 0. The van der Waals surface area contributed by atoms with E-state index in [1.54, 1.807) is 12.1 Å². The van der Waals surface area contributed by atoms with E-state index >= 15 is 0 Å². The number of carboxylic acid groups (broad SMARTS) is 1. The zero-order chi connectivity index (χ0) is 15.4. The summed E-state index contributed by atoms with van der Waals surface area (Å²) in [5.74, 6) is -0.966.